The second-order valence-corrected chi connectivity index (χ2v) is 6.02. The summed E-state index contributed by atoms with van der Waals surface area (Å²) in [4.78, 5) is 17.0. The first-order valence-corrected chi connectivity index (χ1v) is 8.79. The second kappa shape index (κ2) is 8.36. The van der Waals surface area contributed by atoms with E-state index in [0.717, 1.165) is 12.1 Å². The number of hydrogen-bond acceptors (Lipinski definition) is 4. The van der Waals surface area contributed by atoms with E-state index in [1.807, 2.05) is 68.4 Å². The molecule has 0 bridgehead atoms. The van der Waals surface area contributed by atoms with Gasteiger partial charge in [-0.05, 0) is 49.7 Å². The van der Waals surface area contributed by atoms with Crippen LogP contribution in [0.2, 0.25) is 0 Å². The summed E-state index contributed by atoms with van der Waals surface area (Å²) in [6.07, 6.45) is 0.838. The average Bonchev–Trinajstić information content (AvgIpc) is 2.68. The Morgan fingerprint density at radius 2 is 1.81 bits per heavy atom. The van der Waals surface area contributed by atoms with Crippen molar-refractivity contribution in [2.24, 2.45) is 0 Å². The van der Waals surface area contributed by atoms with Crippen LogP contribution in [0.25, 0.3) is 0 Å². The largest absolute Gasteiger partial charge is 0.493 e. The van der Waals surface area contributed by atoms with E-state index in [0.29, 0.717) is 34.2 Å². The van der Waals surface area contributed by atoms with Crippen molar-refractivity contribution in [3.8, 4) is 17.2 Å². The Bertz CT molecular complexity index is 954. The van der Waals surface area contributed by atoms with Crippen LogP contribution in [0, 0.1) is 6.92 Å². The maximum absolute atomic E-state index is 12.6. The smallest absolute Gasteiger partial charge is 0.257 e. The number of hydrogen-bond donors (Lipinski definition) is 1. The zero-order chi connectivity index (χ0) is 19.2. The number of rotatable bonds is 6. The number of aryl methyl sites for hydroxylation is 2. The van der Waals surface area contributed by atoms with Crippen LogP contribution >= 0.6 is 0 Å². The lowest BCUT2D eigenvalue weighted by molar-refractivity contribution is 0.102. The molecular formula is C22H22N2O3. The van der Waals surface area contributed by atoms with Crippen LogP contribution in [0.5, 0.6) is 17.2 Å². The van der Waals surface area contributed by atoms with Gasteiger partial charge in [0.15, 0.2) is 11.5 Å². The van der Waals surface area contributed by atoms with E-state index >= 15 is 0 Å². The van der Waals surface area contributed by atoms with Crippen LogP contribution in [0.15, 0.2) is 60.7 Å². The summed E-state index contributed by atoms with van der Waals surface area (Å²) in [7, 11) is 1.60. The average molecular weight is 362 g/mol. The Labute approximate surface area is 159 Å². The summed E-state index contributed by atoms with van der Waals surface area (Å²) < 4.78 is 11.2. The van der Waals surface area contributed by atoms with Gasteiger partial charge in [-0.3, -0.25) is 9.78 Å². The maximum Gasteiger partial charge on any atom is 0.257 e. The summed E-state index contributed by atoms with van der Waals surface area (Å²) >= 11 is 0. The molecule has 3 aromatic rings. The number of nitrogens with one attached hydrogen (secondary N) is 1. The van der Waals surface area contributed by atoms with Crippen molar-refractivity contribution in [3.05, 3.63) is 77.6 Å². The lowest BCUT2D eigenvalue weighted by Gasteiger charge is -2.12. The molecule has 138 valence electrons. The summed E-state index contributed by atoms with van der Waals surface area (Å²) in [5.74, 6) is 1.66. The van der Waals surface area contributed by atoms with Crippen LogP contribution < -0.4 is 14.8 Å². The van der Waals surface area contributed by atoms with Gasteiger partial charge in [0.2, 0.25) is 0 Å². The van der Waals surface area contributed by atoms with E-state index in [-0.39, 0.29) is 5.91 Å². The lowest BCUT2D eigenvalue weighted by atomic mass is 10.1. The summed E-state index contributed by atoms with van der Waals surface area (Å²) in [6.45, 7) is 3.88. The molecule has 1 heterocycles. The van der Waals surface area contributed by atoms with Gasteiger partial charge < -0.3 is 14.8 Å². The molecule has 0 unspecified atom stereocenters. The van der Waals surface area contributed by atoms with Gasteiger partial charge >= 0.3 is 0 Å². The number of para-hydroxylation sites is 2. The molecule has 0 aliphatic rings. The SMILES string of the molecule is CCc1ccc(C(=O)Nc2cccc(Oc3ccccc3OC)c2)c(C)n1. The van der Waals surface area contributed by atoms with E-state index in [2.05, 4.69) is 10.3 Å². The number of benzene rings is 2. The third kappa shape index (κ3) is 4.44. The number of nitrogens with zero attached hydrogens (tertiary/aromatic N) is 1. The molecule has 0 saturated carbocycles. The number of ether oxygens (including phenoxy) is 2. The van der Waals surface area contributed by atoms with Gasteiger partial charge in [0.05, 0.1) is 18.4 Å². The van der Waals surface area contributed by atoms with Crippen molar-refractivity contribution in [1.82, 2.24) is 4.98 Å². The van der Waals surface area contributed by atoms with E-state index in [1.165, 1.54) is 0 Å². The zero-order valence-electron chi connectivity index (χ0n) is 15.7. The van der Waals surface area contributed by atoms with Gasteiger partial charge in [0.25, 0.3) is 5.91 Å². The maximum atomic E-state index is 12.6. The van der Waals surface area contributed by atoms with Crippen LogP contribution in [-0.2, 0) is 6.42 Å². The topological polar surface area (TPSA) is 60.5 Å². The highest BCUT2D eigenvalue weighted by Gasteiger charge is 2.12. The van der Waals surface area contributed by atoms with Crippen molar-refractivity contribution in [1.29, 1.82) is 0 Å². The third-order valence-electron chi connectivity index (χ3n) is 4.14. The number of carbonyl (C=O) groups excluding carboxylic acids is 1. The highest BCUT2D eigenvalue weighted by molar-refractivity contribution is 6.05. The molecule has 1 amide bonds. The van der Waals surface area contributed by atoms with Crippen LogP contribution in [0.3, 0.4) is 0 Å². The summed E-state index contributed by atoms with van der Waals surface area (Å²) in [6, 6.07) is 18.3. The zero-order valence-corrected chi connectivity index (χ0v) is 15.7. The van der Waals surface area contributed by atoms with Crippen molar-refractivity contribution in [2.45, 2.75) is 20.3 Å². The lowest BCUT2D eigenvalue weighted by Crippen LogP contribution is -2.14. The Kier molecular flexibility index (Phi) is 5.71. The first-order valence-electron chi connectivity index (χ1n) is 8.79. The minimum Gasteiger partial charge on any atom is -0.493 e. The normalized spacial score (nSPS) is 10.3. The molecule has 1 aromatic heterocycles. The first kappa shape index (κ1) is 18.5. The molecule has 5 heteroatoms. The molecule has 0 saturated heterocycles. The molecule has 0 spiro atoms. The van der Waals surface area contributed by atoms with Crippen LogP contribution in [0.4, 0.5) is 5.69 Å². The van der Waals surface area contributed by atoms with Crippen molar-refractivity contribution < 1.29 is 14.3 Å². The van der Waals surface area contributed by atoms with Gasteiger partial charge in [-0.25, -0.2) is 0 Å². The molecule has 5 nitrogen and oxygen atoms in total. The van der Waals surface area contributed by atoms with Gasteiger partial charge in [-0.15, -0.1) is 0 Å². The summed E-state index contributed by atoms with van der Waals surface area (Å²) in [5.41, 5.74) is 2.89. The Balaban J connectivity index is 1.77. The van der Waals surface area contributed by atoms with E-state index < -0.39 is 0 Å². The Morgan fingerprint density at radius 1 is 1.04 bits per heavy atom. The minimum absolute atomic E-state index is 0.197. The number of methoxy groups -OCH3 is 1. The summed E-state index contributed by atoms with van der Waals surface area (Å²) in [5, 5.41) is 2.90. The number of anilines is 1. The van der Waals surface area contributed by atoms with E-state index in [9.17, 15) is 4.79 Å². The van der Waals surface area contributed by atoms with Crippen LogP contribution in [0.1, 0.15) is 28.7 Å². The number of aromatic nitrogens is 1. The standard InChI is InChI=1S/C22H22N2O3/c1-4-16-12-13-19(15(2)23-16)22(25)24-17-8-7-9-18(14-17)27-21-11-6-5-10-20(21)26-3/h5-14H,4H2,1-3H3,(H,24,25). The highest BCUT2D eigenvalue weighted by Crippen LogP contribution is 2.31. The second-order valence-electron chi connectivity index (χ2n) is 6.02. The van der Waals surface area contributed by atoms with E-state index in [1.54, 1.807) is 13.2 Å². The van der Waals surface area contributed by atoms with Gasteiger partial charge in [-0.2, -0.15) is 0 Å². The van der Waals surface area contributed by atoms with E-state index in [4.69, 9.17) is 9.47 Å². The van der Waals surface area contributed by atoms with Crippen molar-refractivity contribution in [2.75, 3.05) is 12.4 Å². The van der Waals surface area contributed by atoms with Crippen molar-refractivity contribution in [3.63, 3.8) is 0 Å². The number of amides is 1. The monoisotopic (exact) mass is 362 g/mol. The quantitative estimate of drug-likeness (QED) is 0.670. The molecule has 3 rings (SSSR count). The Hall–Kier alpha value is -3.34. The van der Waals surface area contributed by atoms with Crippen LogP contribution in [-0.4, -0.2) is 18.0 Å². The first-order chi connectivity index (χ1) is 13.1. The third-order valence-corrected chi connectivity index (χ3v) is 4.14. The molecule has 27 heavy (non-hydrogen) atoms. The number of carbonyl (C=O) groups is 1. The Morgan fingerprint density at radius 3 is 2.52 bits per heavy atom. The molecule has 1 N–H and O–H groups in total. The van der Waals surface area contributed by atoms with Gasteiger partial charge in [0, 0.05) is 17.4 Å². The predicted molar refractivity (Wildman–Crippen MR) is 106 cm³/mol. The fourth-order valence-corrected chi connectivity index (χ4v) is 2.72. The molecule has 0 aliphatic carbocycles. The molecular weight excluding hydrogens is 340 g/mol. The van der Waals surface area contributed by atoms with Gasteiger partial charge in [0.1, 0.15) is 5.75 Å². The molecule has 0 radical (unpaired) electrons. The molecule has 0 fully saturated rings. The fraction of sp³-hybridized carbons (Fsp3) is 0.182. The fourth-order valence-electron chi connectivity index (χ4n) is 2.72. The van der Waals surface area contributed by atoms with Gasteiger partial charge in [-0.1, -0.05) is 25.1 Å². The van der Waals surface area contributed by atoms with Crippen molar-refractivity contribution >= 4 is 11.6 Å². The molecule has 0 atom stereocenters. The number of pyridine rings is 1. The molecule has 2 aromatic carbocycles. The predicted octanol–water partition coefficient (Wildman–Crippen LogP) is 5.01. The highest BCUT2D eigenvalue weighted by atomic mass is 16.5. The minimum atomic E-state index is -0.197. The molecule has 0 aliphatic heterocycles.